The first kappa shape index (κ1) is 20.2. The molecule has 0 spiro atoms. The zero-order valence-corrected chi connectivity index (χ0v) is 17.7. The molecule has 156 valence electrons. The van der Waals surface area contributed by atoms with Gasteiger partial charge in [-0.1, -0.05) is 30.7 Å². The second-order valence-corrected chi connectivity index (χ2v) is 7.71. The number of halogens is 1. The van der Waals surface area contributed by atoms with Gasteiger partial charge in [0.05, 0.1) is 5.52 Å². The lowest BCUT2D eigenvalue weighted by Gasteiger charge is -2.10. The molecule has 0 radical (unpaired) electrons. The lowest BCUT2D eigenvalue weighted by Crippen LogP contribution is -2.28. The standard InChI is InChI=1S/C22H23ClN4O3/c1-3-20-25-26(22(29)18-12-19-17(27(18)20)11-14(2)30-19)10-4-5-21(28)24-13-15-6-8-16(23)9-7-15/h6-9,11-12H,3-5,10,13H2,1-2H3,(H,24,28). The van der Waals surface area contributed by atoms with Crippen LogP contribution in [-0.2, 0) is 24.3 Å². The van der Waals surface area contributed by atoms with Crippen molar-refractivity contribution < 1.29 is 9.21 Å². The highest BCUT2D eigenvalue weighted by Gasteiger charge is 2.16. The van der Waals surface area contributed by atoms with Gasteiger partial charge < -0.3 is 9.73 Å². The predicted octanol–water partition coefficient (Wildman–Crippen LogP) is 3.86. The number of fused-ring (bicyclic) bond motifs is 3. The van der Waals surface area contributed by atoms with Crippen LogP contribution in [0.3, 0.4) is 0 Å². The molecule has 1 N–H and O–H groups in total. The molecule has 0 aliphatic heterocycles. The summed E-state index contributed by atoms with van der Waals surface area (Å²) in [5, 5.41) is 8.08. The first-order chi connectivity index (χ1) is 14.5. The van der Waals surface area contributed by atoms with Gasteiger partial charge in [-0.25, -0.2) is 4.68 Å². The summed E-state index contributed by atoms with van der Waals surface area (Å²) >= 11 is 5.87. The van der Waals surface area contributed by atoms with Gasteiger partial charge in [-0.05, 0) is 31.0 Å². The number of aromatic nitrogens is 3. The molecule has 0 saturated heterocycles. The molecule has 0 unspecified atom stereocenters. The molecule has 0 aliphatic carbocycles. The van der Waals surface area contributed by atoms with Crippen molar-refractivity contribution in [1.29, 1.82) is 0 Å². The summed E-state index contributed by atoms with van der Waals surface area (Å²) in [6.07, 6.45) is 1.51. The minimum absolute atomic E-state index is 0.0644. The van der Waals surface area contributed by atoms with Crippen LogP contribution in [0.25, 0.3) is 16.6 Å². The van der Waals surface area contributed by atoms with Gasteiger partial charge in [-0.3, -0.25) is 14.0 Å². The number of benzene rings is 1. The Morgan fingerprint density at radius 2 is 1.97 bits per heavy atom. The minimum atomic E-state index is -0.183. The summed E-state index contributed by atoms with van der Waals surface area (Å²) in [6.45, 7) is 4.70. The molecule has 3 aromatic heterocycles. The third-order valence-electron chi connectivity index (χ3n) is 5.05. The highest BCUT2D eigenvalue weighted by Crippen LogP contribution is 2.23. The van der Waals surface area contributed by atoms with Crippen molar-refractivity contribution in [2.45, 2.75) is 46.2 Å². The van der Waals surface area contributed by atoms with Gasteiger partial charge in [-0.2, -0.15) is 5.10 Å². The Balaban J connectivity index is 1.43. The SMILES string of the molecule is CCc1nn(CCCC(=O)NCc2ccc(Cl)cc2)c(=O)c2cc3oc(C)cc3n12. The van der Waals surface area contributed by atoms with Crippen LogP contribution in [0.15, 0.2) is 45.6 Å². The Bertz CT molecular complexity index is 1270. The number of hydrogen-bond donors (Lipinski definition) is 1. The Labute approximate surface area is 178 Å². The number of rotatable bonds is 7. The average molecular weight is 427 g/mol. The molecule has 4 rings (SSSR count). The van der Waals surface area contributed by atoms with Crippen LogP contribution in [0.4, 0.5) is 0 Å². The highest BCUT2D eigenvalue weighted by molar-refractivity contribution is 6.30. The van der Waals surface area contributed by atoms with Crippen LogP contribution < -0.4 is 10.9 Å². The van der Waals surface area contributed by atoms with Crippen molar-refractivity contribution in [2.75, 3.05) is 0 Å². The van der Waals surface area contributed by atoms with Crippen LogP contribution in [0.5, 0.6) is 0 Å². The van der Waals surface area contributed by atoms with Crippen molar-refractivity contribution in [3.63, 3.8) is 0 Å². The Hall–Kier alpha value is -3.06. The zero-order valence-electron chi connectivity index (χ0n) is 16.9. The Morgan fingerprint density at radius 3 is 2.70 bits per heavy atom. The first-order valence-corrected chi connectivity index (χ1v) is 10.4. The molecule has 0 fully saturated rings. The van der Waals surface area contributed by atoms with E-state index in [1.807, 2.05) is 36.4 Å². The fraction of sp³-hybridized carbons (Fsp3) is 0.318. The maximum atomic E-state index is 12.9. The summed E-state index contributed by atoms with van der Waals surface area (Å²) in [4.78, 5) is 25.0. The lowest BCUT2D eigenvalue weighted by atomic mass is 10.2. The Kier molecular flexibility index (Phi) is 5.63. The van der Waals surface area contributed by atoms with Crippen molar-refractivity contribution in [1.82, 2.24) is 19.5 Å². The van der Waals surface area contributed by atoms with E-state index in [-0.39, 0.29) is 11.5 Å². The van der Waals surface area contributed by atoms with Crippen LogP contribution in [0.2, 0.25) is 5.02 Å². The molecule has 8 heteroatoms. The topological polar surface area (TPSA) is 81.5 Å². The van der Waals surface area contributed by atoms with Gasteiger partial charge in [0.1, 0.15) is 17.1 Å². The van der Waals surface area contributed by atoms with E-state index in [1.165, 1.54) is 4.68 Å². The lowest BCUT2D eigenvalue weighted by molar-refractivity contribution is -0.121. The van der Waals surface area contributed by atoms with Crippen LogP contribution in [0, 0.1) is 6.92 Å². The van der Waals surface area contributed by atoms with E-state index >= 15 is 0 Å². The number of nitrogens with zero attached hydrogens (tertiary/aromatic N) is 3. The maximum Gasteiger partial charge on any atom is 0.291 e. The molecule has 4 aromatic rings. The number of aryl methyl sites for hydroxylation is 3. The second kappa shape index (κ2) is 8.36. The normalized spacial score (nSPS) is 11.4. The van der Waals surface area contributed by atoms with E-state index in [4.69, 9.17) is 16.0 Å². The molecule has 1 amide bonds. The fourth-order valence-corrected chi connectivity index (χ4v) is 3.70. The molecular weight excluding hydrogens is 404 g/mol. The zero-order chi connectivity index (χ0) is 21.3. The van der Waals surface area contributed by atoms with Gasteiger partial charge >= 0.3 is 0 Å². The number of hydrogen-bond acceptors (Lipinski definition) is 4. The number of nitrogens with one attached hydrogen (secondary N) is 1. The van der Waals surface area contributed by atoms with E-state index in [2.05, 4.69) is 10.4 Å². The van der Waals surface area contributed by atoms with Gasteiger partial charge in [-0.15, -0.1) is 0 Å². The number of carbonyl (C=O) groups excluding carboxylic acids is 1. The Morgan fingerprint density at radius 1 is 1.20 bits per heavy atom. The summed E-state index contributed by atoms with van der Waals surface area (Å²) in [5.74, 6) is 1.52. The summed E-state index contributed by atoms with van der Waals surface area (Å²) in [6, 6.07) is 11.0. The fourth-order valence-electron chi connectivity index (χ4n) is 3.57. The smallest absolute Gasteiger partial charge is 0.291 e. The minimum Gasteiger partial charge on any atom is -0.460 e. The van der Waals surface area contributed by atoms with E-state index < -0.39 is 0 Å². The van der Waals surface area contributed by atoms with Gasteiger partial charge in [0.25, 0.3) is 5.56 Å². The molecule has 0 atom stereocenters. The second-order valence-electron chi connectivity index (χ2n) is 7.28. The van der Waals surface area contributed by atoms with E-state index in [1.54, 1.807) is 18.2 Å². The molecule has 1 aromatic carbocycles. The summed E-state index contributed by atoms with van der Waals surface area (Å²) in [7, 11) is 0. The van der Waals surface area contributed by atoms with Gasteiger partial charge in [0.15, 0.2) is 5.58 Å². The molecule has 0 aliphatic rings. The number of amides is 1. The maximum absolute atomic E-state index is 12.9. The van der Waals surface area contributed by atoms with Crippen molar-refractivity contribution in [2.24, 2.45) is 0 Å². The molecule has 30 heavy (non-hydrogen) atoms. The van der Waals surface area contributed by atoms with E-state index in [0.29, 0.717) is 48.5 Å². The summed E-state index contributed by atoms with van der Waals surface area (Å²) in [5.41, 5.74) is 2.88. The molecular formula is C22H23ClN4O3. The summed E-state index contributed by atoms with van der Waals surface area (Å²) < 4.78 is 8.99. The van der Waals surface area contributed by atoms with E-state index in [9.17, 15) is 9.59 Å². The quantitative estimate of drug-likeness (QED) is 0.486. The largest absolute Gasteiger partial charge is 0.460 e. The first-order valence-electron chi connectivity index (χ1n) is 9.99. The third kappa shape index (κ3) is 3.98. The van der Waals surface area contributed by atoms with Crippen LogP contribution in [-0.4, -0.2) is 20.1 Å². The van der Waals surface area contributed by atoms with Crippen LogP contribution >= 0.6 is 11.6 Å². The molecule has 0 bridgehead atoms. The van der Waals surface area contributed by atoms with Crippen LogP contribution in [0.1, 0.15) is 36.9 Å². The molecule has 7 nitrogen and oxygen atoms in total. The monoisotopic (exact) mass is 426 g/mol. The average Bonchev–Trinajstić information content (AvgIpc) is 3.26. The number of carbonyl (C=O) groups is 1. The molecule has 0 saturated carbocycles. The third-order valence-corrected chi connectivity index (χ3v) is 5.31. The number of furan rings is 1. The van der Waals surface area contributed by atoms with Crippen molar-refractivity contribution in [3.05, 3.63) is 68.9 Å². The predicted molar refractivity (Wildman–Crippen MR) is 116 cm³/mol. The van der Waals surface area contributed by atoms with E-state index in [0.717, 1.165) is 22.7 Å². The molecule has 3 heterocycles. The van der Waals surface area contributed by atoms with Gasteiger partial charge in [0, 0.05) is 43.1 Å². The van der Waals surface area contributed by atoms with Gasteiger partial charge in [0.2, 0.25) is 5.91 Å². The highest BCUT2D eigenvalue weighted by atomic mass is 35.5. The van der Waals surface area contributed by atoms with Crippen molar-refractivity contribution in [3.8, 4) is 0 Å². The van der Waals surface area contributed by atoms with Crippen molar-refractivity contribution >= 4 is 34.1 Å².